The van der Waals surface area contributed by atoms with Gasteiger partial charge < -0.3 is 10.6 Å². The molecule has 1 aromatic rings. The molecule has 0 aliphatic carbocycles. The van der Waals surface area contributed by atoms with Gasteiger partial charge in [0.2, 0.25) is 5.91 Å². The summed E-state index contributed by atoms with van der Waals surface area (Å²) in [5, 5.41) is 0.706. The average molecular weight is 255 g/mol. The van der Waals surface area contributed by atoms with Gasteiger partial charge in [-0.2, -0.15) is 0 Å². The maximum Gasteiger partial charge on any atom is 0.222 e. The summed E-state index contributed by atoms with van der Waals surface area (Å²) in [6, 6.07) is 7.61. The third-order valence-corrected chi connectivity index (χ3v) is 3.02. The Morgan fingerprint density at radius 1 is 1.41 bits per heavy atom. The molecule has 1 aromatic carbocycles. The summed E-state index contributed by atoms with van der Waals surface area (Å²) in [7, 11) is 0. The van der Waals surface area contributed by atoms with Gasteiger partial charge in [0.25, 0.3) is 0 Å². The number of hydrogen-bond acceptors (Lipinski definition) is 2. The minimum Gasteiger partial charge on any atom is -0.339 e. The third-order valence-electron chi connectivity index (χ3n) is 2.65. The normalized spacial score (nSPS) is 10.3. The molecule has 0 bridgehead atoms. The largest absolute Gasteiger partial charge is 0.339 e. The molecular formula is C13H19ClN2O. The van der Waals surface area contributed by atoms with Crippen LogP contribution in [0.3, 0.4) is 0 Å². The molecular weight excluding hydrogens is 236 g/mol. The molecule has 0 atom stereocenters. The molecule has 1 rings (SSSR count). The molecule has 0 saturated heterocycles. The van der Waals surface area contributed by atoms with Crippen LogP contribution < -0.4 is 5.73 Å². The zero-order valence-corrected chi connectivity index (χ0v) is 10.9. The first-order chi connectivity index (χ1) is 8.19. The van der Waals surface area contributed by atoms with Crippen molar-refractivity contribution in [2.45, 2.75) is 26.3 Å². The van der Waals surface area contributed by atoms with Crippen LogP contribution in [0, 0.1) is 0 Å². The Kier molecular flexibility index (Phi) is 6.01. The average Bonchev–Trinajstić information content (AvgIpc) is 2.35. The smallest absolute Gasteiger partial charge is 0.222 e. The van der Waals surface area contributed by atoms with Crippen LogP contribution >= 0.6 is 11.6 Å². The Balaban J connectivity index is 2.63. The Bertz CT molecular complexity index is 368. The molecule has 0 aliphatic rings. The number of nitrogens with zero attached hydrogens (tertiary/aromatic N) is 1. The first-order valence-electron chi connectivity index (χ1n) is 5.90. The van der Waals surface area contributed by atoms with E-state index < -0.39 is 0 Å². The van der Waals surface area contributed by atoms with Gasteiger partial charge in [-0.15, -0.1) is 0 Å². The summed E-state index contributed by atoms with van der Waals surface area (Å²) < 4.78 is 0. The van der Waals surface area contributed by atoms with Crippen molar-refractivity contribution in [3.05, 3.63) is 34.9 Å². The lowest BCUT2D eigenvalue weighted by atomic mass is 10.2. The highest BCUT2D eigenvalue weighted by Crippen LogP contribution is 2.17. The fourth-order valence-electron chi connectivity index (χ4n) is 1.62. The van der Waals surface area contributed by atoms with E-state index in [0.717, 1.165) is 12.0 Å². The molecule has 0 unspecified atom stereocenters. The number of rotatable bonds is 6. The van der Waals surface area contributed by atoms with Crippen molar-refractivity contribution in [1.29, 1.82) is 0 Å². The minimum atomic E-state index is 0.137. The van der Waals surface area contributed by atoms with Crippen molar-refractivity contribution in [3.63, 3.8) is 0 Å². The summed E-state index contributed by atoms with van der Waals surface area (Å²) in [5.41, 5.74) is 6.39. The molecule has 0 fully saturated rings. The number of halogens is 1. The van der Waals surface area contributed by atoms with Crippen molar-refractivity contribution in [3.8, 4) is 0 Å². The Morgan fingerprint density at radius 3 is 2.71 bits per heavy atom. The molecule has 0 radical (unpaired) electrons. The van der Waals surface area contributed by atoms with E-state index in [-0.39, 0.29) is 5.91 Å². The summed E-state index contributed by atoms with van der Waals surface area (Å²) >= 11 is 6.08. The van der Waals surface area contributed by atoms with E-state index in [9.17, 15) is 4.79 Å². The molecule has 0 spiro atoms. The lowest BCUT2D eigenvalue weighted by Crippen LogP contribution is -2.30. The monoisotopic (exact) mass is 254 g/mol. The molecule has 0 aliphatic heterocycles. The van der Waals surface area contributed by atoms with E-state index in [0.29, 0.717) is 31.1 Å². The summed E-state index contributed by atoms with van der Waals surface area (Å²) in [6.45, 7) is 3.78. The quantitative estimate of drug-likeness (QED) is 0.848. The van der Waals surface area contributed by atoms with E-state index in [2.05, 4.69) is 0 Å². The number of carbonyl (C=O) groups is 1. The van der Waals surface area contributed by atoms with Gasteiger partial charge >= 0.3 is 0 Å². The van der Waals surface area contributed by atoms with Gasteiger partial charge in [0, 0.05) is 24.5 Å². The van der Waals surface area contributed by atoms with Gasteiger partial charge in [-0.1, -0.05) is 29.8 Å². The standard InChI is InChI=1S/C13H19ClN2O/c1-2-16(13(17)8-5-9-15)10-11-6-3-4-7-12(11)14/h3-4,6-7H,2,5,8-10,15H2,1H3. The van der Waals surface area contributed by atoms with Crippen molar-refractivity contribution in [1.82, 2.24) is 4.90 Å². The van der Waals surface area contributed by atoms with Crippen molar-refractivity contribution in [2.75, 3.05) is 13.1 Å². The van der Waals surface area contributed by atoms with Crippen LogP contribution in [-0.4, -0.2) is 23.9 Å². The van der Waals surface area contributed by atoms with Crippen molar-refractivity contribution in [2.24, 2.45) is 5.73 Å². The second-order valence-electron chi connectivity index (χ2n) is 3.89. The van der Waals surface area contributed by atoms with Crippen molar-refractivity contribution < 1.29 is 4.79 Å². The highest BCUT2D eigenvalue weighted by Gasteiger charge is 2.12. The number of carbonyl (C=O) groups excluding carboxylic acids is 1. The van der Waals surface area contributed by atoms with Crippen LogP contribution in [0.2, 0.25) is 5.02 Å². The second-order valence-corrected chi connectivity index (χ2v) is 4.30. The van der Waals surface area contributed by atoms with Gasteiger partial charge in [0.15, 0.2) is 0 Å². The van der Waals surface area contributed by atoms with Gasteiger partial charge in [-0.25, -0.2) is 0 Å². The van der Waals surface area contributed by atoms with Crippen LogP contribution in [0.1, 0.15) is 25.3 Å². The number of nitrogens with two attached hydrogens (primary N) is 1. The Hall–Kier alpha value is -1.06. The van der Waals surface area contributed by atoms with Crippen LogP contribution in [0.4, 0.5) is 0 Å². The fourth-order valence-corrected chi connectivity index (χ4v) is 1.82. The summed E-state index contributed by atoms with van der Waals surface area (Å²) in [5.74, 6) is 0.137. The van der Waals surface area contributed by atoms with E-state index in [1.54, 1.807) is 4.90 Å². The third kappa shape index (κ3) is 4.36. The molecule has 3 nitrogen and oxygen atoms in total. The zero-order valence-electron chi connectivity index (χ0n) is 10.2. The van der Waals surface area contributed by atoms with Gasteiger partial charge in [-0.05, 0) is 31.5 Å². The lowest BCUT2D eigenvalue weighted by Gasteiger charge is -2.21. The molecule has 4 heteroatoms. The zero-order chi connectivity index (χ0) is 12.7. The number of amides is 1. The number of hydrogen-bond donors (Lipinski definition) is 1. The van der Waals surface area contributed by atoms with E-state index in [4.69, 9.17) is 17.3 Å². The first-order valence-corrected chi connectivity index (χ1v) is 6.28. The summed E-state index contributed by atoms with van der Waals surface area (Å²) in [6.07, 6.45) is 1.24. The summed E-state index contributed by atoms with van der Waals surface area (Å²) in [4.78, 5) is 13.7. The van der Waals surface area contributed by atoms with Crippen LogP contribution in [0.5, 0.6) is 0 Å². The van der Waals surface area contributed by atoms with Gasteiger partial charge in [-0.3, -0.25) is 4.79 Å². The maximum atomic E-state index is 11.9. The molecule has 1 amide bonds. The first kappa shape index (κ1) is 14.0. The highest BCUT2D eigenvalue weighted by molar-refractivity contribution is 6.31. The number of benzene rings is 1. The Labute approximate surface area is 108 Å². The SMILES string of the molecule is CCN(Cc1ccccc1Cl)C(=O)CCCN. The van der Waals surface area contributed by atoms with Crippen molar-refractivity contribution >= 4 is 17.5 Å². The Morgan fingerprint density at radius 2 is 2.12 bits per heavy atom. The van der Waals surface area contributed by atoms with Crippen LogP contribution in [0.25, 0.3) is 0 Å². The molecule has 0 aromatic heterocycles. The molecule has 94 valence electrons. The van der Waals surface area contributed by atoms with E-state index in [1.165, 1.54) is 0 Å². The van der Waals surface area contributed by atoms with Crippen LogP contribution in [-0.2, 0) is 11.3 Å². The molecule has 2 N–H and O–H groups in total. The minimum absolute atomic E-state index is 0.137. The molecule has 0 heterocycles. The second kappa shape index (κ2) is 7.30. The highest BCUT2D eigenvalue weighted by atomic mass is 35.5. The van der Waals surface area contributed by atoms with Crippen LogP contribution in [0.15, 0.2) is 24.3 Å². The maximum absolute atomic E-state index is 11.9. The van der Waals surface area contributed by atoms with Gasteiger partial charge in [0.05, 0.1) is 0 Å². The molecule has 0 saturated carbocycles. The van der Waals surface area contributed by atoms with E-state index in [1.807, 2.05) is 31.2 Å². The predicted octanol–water partition coefficient (Wildman–Crippen LogP) is 2.43. The molecule has 17 heavy (non-hydrogen) atoms. The van der Waals surface area contributed by atoms with E-state index >= 15 is 0 Å². The topological polar surface area (TPSA) is 46.3 Å². The fraction of sp³-hybridized carbons (Fsp3) is 0.462. The van der Waals surface area contributed by atoms with Gasteiger partial charge in [0.1, 0.15) is 0 Å². The lowest BCUT2D eigenvalue weighted by molar-refractivity contribution is -0.131. The predicted molar refractivity (Wildman–Crippen MR) is 70.8 cm³/mol.